The van der Waals surface area contributed by atoms with Gasteiger partial charge >= 0.3 is 6.18 Å². The van der Waals surface area contributed by atoms with E-state index in [9.17, 15) is 13.2 Å². The largest absolute Gasteiger partial charge is 0.411 e. The smallest absolute Gasteiger partial charge is 0.399 e. The van der Waals surface area contributed by atoms with Gasteiger partial charge in [-0.15, -0.1) is 0 Å². The summed E-state index contributed by atoms with van der Waals surface area (Å²) in [6.07, 6.45) is -2.68. The third-order valence-electron chi connectivity index (χ3n) is 2.44. The van der Waals surface area contributed by atoms with Gasteiger partial charge in [0, 0.05) is 18.0 Å². The van der Waals surface area contributed by atoms with Crippen LogP contribution in [0.15, 0.2) is 18.3 Å². The van der Waals surface area contributed by atoms with Gasteiger partial charge in [0.15, 0.2) is 0 Å². The second-order valence-electron chi connectivity index (χ2n) is 3.68. The summed E-state index contributed by atoms with van der Waals surface area (Å²) in [4.78, 5) is 3.79. The lowest BCUT2D eigenvalue weighted by Gasteiger charge is -2.21. The summed E-state index contributed by atoms with van der Waals surface area (Å²) in [5, 5.41) is 2.39. The van der Waals surface area contributed by atoms with Crippen molar-refractivity contribution in [2.24, 2.45) is 0 Å². The Balaban J connectivity index is 2.16. The van der Waals surface area contributed by atoms with Crippen molar-refractivity contribution in [1.29, 1.82) is 0 Å². The first-order valence-electron chi connectivity index (χ1n) is 4.49. The summed E-state index contributed by atoms with van der Waals surface area (Å²) < 4.78 is 37.7. The molecular formula is C9H10F3N3. The molecule has 1 aromatic rings. The lowest BCUT2D eigenvalue weighted by molar-refractivity contribution is -0.151. The van der Waals surface area contributed by atoms with Crippen LogP contribution >= 0.6 is 0 Å². The molecule has 1 fully saturated rings. The molecule has 3 nitrogen and oxygen atoms in total. The normalized spacial score (nSPS) is 18.6. The molecule has 0 radical (unpaired) electrons. The van der Waals surface area contributed by atoms with Gasteiger partial charge in [-0.3, -0.25) is 0 Å². The van der Waals surface area contributed by atoms with E-state index in [4.69, 9.17) is 5.73 Å². The van der Waals surface area contributed by atoms with Crippen LogP contribution in [-0.4, -0.2) is 16.7 Å². The summed E-state index contributed by atoms with van der Waals surface area (Å²) in [5.74, 6) is 0.171. The van der Waals surface area contributed by atoms with Crippen LogP contribution in [0.1, 0.15) is 12.8 Å². The summed E-state index contributed by atoms with van der Waals surface area (Å²) >= 11 is 0. The van der Waals surface area contributed by atoms with Crippen molar-refractivity contribution >= 4 is 11.5 Å². The van der Waals surface area contributed by atoms with Gasteiger partial charge < -0.3 is 11.1 Å². The number of nitrogens with two attached hydrogens (primary N) is 1. The van der Waals surface area contributed by atoms with E-state index in [0.717, 1.165) is 0 Å². The summed E-state index contributed by atoms with van der Waals surface area (Å²) in [6.45, 7) is 0. The molecule has 1 aromatic heterocycles. The number of hydrogen-bond donors (Lipinski definition) is 2. The molecule has 6 heteroatoms. The zero-order valence-corrected chi connectivity index (χ0v) is 7.80. The molecule has 0 atom stereocenters. The van der Waals surface area contributed by atoms with E-state index in [0.29, 0.717) is 5.69 Å². The average Bonchev–Trinajstić information content (AvgIpc) is 2.84. The first-order chi connectivity index (χ1) is 6.93. The quantitative estimate of drug-likeness (QED) is 0.798. The number of nitrogens with zero attached hydrogens (tertiary/aromatic N) is 1. The van der Waals surface area contributed by atoms with E-state index >= 15 is 0 Å². The first kappa shape index (κ1) is 10.1. The number of anilines is 2. The lowest BCUT2D eigenvalue weighted by atomic mass is 10.2. The van der Waals surface area contributed by atoms with E-state index < -0.39 is 11.7 Å². The van der Waals surface area contributed by atoms with Gasteiger partial charge in [-0.25, -0.2) is 4.98 Å². The van der Waals surface area contributed by atoms with Crippen molar-refractivity contribution in [3.8, 4) is 0 Å². The SMILES string of the molecule is Nc1ccnc(NC2(C(F)(F)F)CC2)c1. The summed E-state index contributed by atoms with van der Waals surface area (Å²) in [5.41, 5.74) is 4.06. The highest BCUT2D eigenvalue weighted by atomic mass is 19.4. The van der Waals surface area contributed by atoms with Crippen molar-refractivity contribution < 1.29 is 13.2 Å². The molecule has 82 valence electrons. The van der Waals surface area contributed by atoms with Crippen molar-refractivity contribution in [3.63, 3.8) is 0 Å². The van der Waals surface area contributed by atoms with Crippen LogP contribution < -0.4 is 11.1 Å². The third kappa shape index (κ3) is 1.84. The van der Waals surface area contributed by atoms with Gasteiger partial charge in [0.05, 0.1) is 0 Å². The highest BCUT2D eigenvalue weighted by molar-refractivity contribution is 5.51. The molecule has 15 heavy (non-hydrogen) atoms. The zero-order valence-electron chi connectivity index (χ0n) is 7.80. The highest BCUT2D eigenvalue weighted by Gasteiger charge is 2.63. The van der Waals surface area contributed by atoms with Crippen LogP contribution in [0.3, 0.4) is 0 Å². The van der Waals surface area contributed by atoms with Gasteiger partial charge in [-0.05, 0) is 18.9 Å². The molecule has 0 aliphatic heterocycles. The Kier molecular flexibility index (Phi) is 2.02. The van der Waals surface area contributed by atoms with Gasteiger partial charge in [0.2, 0.25) is 0 Å². The summed E-state index contributed by atoms with van der Waals surface area (Å²) in [6, 6.07) is 2.92. The van der Waals surface area contributed by atoms with E-state index in [1.165, 1.54) is 18.3 Å². The predicted octanol–water partition coefficient (Wildman–Crippen LogP) is 2.17. The van der Waals surface area contributed by atoms with Crippen LogP contribution in [0, 0.1) is 0 Å². The molecule has 1 saturated carbocycles. The molecule has 0 amide bonds. The number of nitrogens with one attached hydrogen (secondary N) is 1. The molecule has 1 heterocycles. The minimum absolute atomic E-state index is 0.0903. The molecular weight excluding hydrogens is 207 g/mol. The zero-order chi connectivity index (χ0) is 11.1. The molecule has 0 unspecified atom stereocenters. The Morgan fingerprint density at radius 2 is 2.07 bits per heavy atom. The highest BCUT2D eigenvalue weighted by Crippen LogP contribution is 2.50. The van der Waals surface area contributed by atoms with E-state index in [-0.39, 0.29) is 18.7 Å². The van der Waals surface area contributed by atoms with Crippen LogP contribution in [0.2, 0.25) is 0 Å². The number of alkyl halides is 3. The Bertz CT molecular complexity index is 371. The number of nitrogen functional groups attached to an aromatic ring is 1. The van der Waals surface area contributed by atoms with Crippen molar-refractivity contribution in [1.82, 2.24) is 4.98 Å². The van der Waals surface area contributed by atoms with Gasteiger partial charge in [-0.1, -0.05) is 0 Å². The number of halogens is 3. The Morgan fingerprint density at radius 3 is 2.53 bits per heavy atom. The molecule has 0 spiro atoms. The van der Waals surface area contributed by atoms with Gasteiger partial charge in [0.25, 0.3) is 0 Å². The number of rotatable bonds is 2. The van der Waals surface area contributed by atoms with E-state index in [2.05, 4.69) is 10.3 Å². The Hall–Kier alpha value is -1.46. The second-order valence-corrected chi connectivity index (χ2v) is 3.68. The predicted molar refractivity (Wildman–Crippen MR) is 50.3 cm³/mol. The topological polar surface area (TPSA) is 50.9 Å². The number of hydrogen-bond acceptors (Lipinski definition) is 3. The maximum atomic E-state index is 12.6. The first-order valence-corrected chi connectivity index (χ1v) is 4.49. The van der Waals surface area contributed by atoms with Crippen LogP contribution in [0.25, 0.3) is 0 Å². The molecule has 3 N–H and O–H groups in total. The molecule has 2 rings (SSSR count). The minimum Gasteiger partial charge on any atom is -0.399 e. The van der Waals surface area contributed by atoms with Crippen LogP contribution in [0.5, 0.6) is 0 Å². The van der Waals surface area contributed by atoms with E-state index in [1.54, 1.807) is 0 Å². The van der Waals surface area contributed by atoms with Gasteiger partial charge in [0.1, 0.15) is 11.4 Å². The average molecular weight is 217 g/mol. The molecule has 0 aromatic carbocycles. The fourth-order valence-electron chi connectivity index (χ4n) is 1.36. The Labute approximate surface area is 84.5 Å². The maximum absolute atomic E-state index is 12.6. The monoisotopic (exact) mass is 217 g/mol. The van der Waals surface area contributed by atoms with Crippen molar-refractivity contribution in [2.45, 2.75) is 24.6 Å². The van der Waals surface area contributed by atoms with Crippen LogP contribution in [0.4, 0.5) is 24.7 Å². The lowest BCUT2D eigenvalue weighted by Crippen LogP contribution is -2.38. The molecule has 1 aliphatic carbocycles. The van der Waals surface area contributed by atoms with E-state index in [1.807, 2.05) is 0 Å². The number of aromatic nitrogens is 1. The standard InChI is InChI=1S/C9H10F3N3/c10-9(11,12)8(2-3-8)15-7-5-6(13)1-4-14-7/h1,4-5H,2-3H2,(H3,13,14,15). The fourth-order valence-corrected chi connectivity index (χ4v) is 1.36. The molecule has 0 bridgehead atoms. The molecule has 0 saturated heterocycles. The minimum atomic E-state index is -4.24. The maximum Gasteiger partial charge on any atom is 0.411 e. The van der Waals surface area contributed by atoms with Crippen molar-refractivity contribution in [3.05, 3.63) is 18.3 Å². The second kappa shape index (κ2) is 3.01. The Morgan fingerprint density at radius 1 is 1.40 bits per heavy atom. The molecule has 1 aliphatic rings. The fraction of sp³-hybridized carbons (Fsp3) is 0.444. The van der Waals surface area contributed by atoms with Crippen LogP contribution in [-0.2, 0) is 0 Å². The summed E-state index contributed by atoms with van der Waals surface area (Å²) in [7, 11) is 0. The third-order valence-corrected chi connectivity index (χ3v) is 2.44. The number of pyridine rings is 1. The van der Waals surface area contributed by atoms with Crippen molar-refractivity contribution in [2.75, 3.05) is 11.1 Å². The van der Waals surface area contributed by atoms with Gasteiger partial charge in [-0.2, -0.15) is 13.2 Å².